The lowest BCUT2D eigenvalue weighted by Crippen LogP contribution is -2.12. The lowest BCUT2D eigenvalue weighted by atomic mass is 10.1. The van der Waals surface area contributed by atoms with Gasteiger partial charge in [0.05, 0.1) is 11.9 Å². The van der Waals surface area contributed by atoms with Gasteiger partial charge < -0.3 is 20.1 Å². The lowest BCUT2D eigenvalue weighted by Gasteiger charge is -2.11. The maximum atomic E-state index is 12.4. The van der Waals surface area contributed by atoms with Crippen molar-refractivity contribution in [1.82, 2.24) is 4.98 Å². The van der Waals surface area contributed by atoms with E-state index in [2.05, 4.69) is 28.6 Å². The van der Waals surface area contributed by atoms with Crippen LogP contribution in [0.2, 0.25) is 0 Å². The minimum atomic E-state index is -0.252. The molecule has 0 bridgehead atoms. The van der Waals surface area contributed by atoms with Crippen LogP contribution in [0.3, 0.4) is 0 Å². The van der Waals surface area contributed by atoms with Crippen LogP contribution in [-0.4, -0.2) is 17.7 Å². The standard InChI is InChI=1S/C21H19N3O3/c1-2-14-5-3-4-6-17(14)23-16-8-10-20(22-12-16)24-21(25)15-7-9-18-19(11-15)27-13-26-18/h3-12,23H,2,13H2,1H3,(H,22,24,25). The van der Waals surface area contributed by atoms with Crippen LogP contribution >= 0.6 is 0 Å². The van der Waals surface area contributed by atoms with E-state index in [0.717, 1.165) is 17.8 Å². The van der Waals surface area contributed by atoms with Gasteiger partial charge in [-0.3, -0.25) is 4.79 Å². The van der Waals surface area contributed by atoms with E-state index in [1.807, 2.05) is 24.3 Å². The topological polar surface area (TPSA) is 72.5 Å². The van der Waals surface area contributed by atoms with Gasteiger partial charge in [0, 0.05) is 11.3 Å². The van der Waals surface area contributed by atoms with E-state index in [1.165, 1.54) is 5.56 Å². The molecule has 2 N–H and O–H groups in total. The first kappa shape index (κ1) is 16.9. The summed E-state index contributed by atoms with van der Waals surface area (Å²) in [5, 5.41) is 6.15. The molecular formula is C21H19N3O3. The quantitative estimate of drug-likeness (QED) is 0.706. The molecule has 0 unspecified atom stereocenters. The predicted octanol–water partition coefficient (Wildman–Crippen LogP) is 4.37. The number of benzene rings is 2. The minimum absolute atomic E-state index is 0.178. The molecule has 27 heavy (non-hydrogen) atoms. The van der Waals surface area contributed by atoms with E-state index in [4.69, 9.17) is 9.47 Å². The van der Waals surface area contributed by atoms with Crippen molar-refractivity contribution in [3.05, 3.63) is 71.9 Å². The number of nitrogens with one attached hydrogen (secondary N) is 2. The Morgan fingerprint density at radius 1 is 1.07 bits per heavy atom. The summed E-state index contributed by atoms with van der Waals surface area (Å²) >= 11 is 0. The molecule has 0 aliphatic carbocycles. The third kappa shape index (κ3) is 3.69. The van der Waals surface area contributed by atoms with E-state index in [0.29, 0.717) is 22.9 Å². The highest BCUT2D eigenvalue weighted by molar-refractivity contribution is 6.04. The van der Waals surface area contributed by atoms with Crippen molar-refractivity contribution in [1.29, 1.82) is 0 Å². The molecule has 0 fully saturated rings. The number of hydrogen-bond donors (Lipinski definition) is 2. The number of carbonyl (C=O) groups excluding carboxylic acids is 1. The van der Waals surface area contributed by atoms with Gasteiger partial charge in [0.1, 0.15) is 5.82 Å². The molecule has 6 nitrogen and oxygen atoms in total. The molecule has 3 aromatic rings. The van der Waals surface area contributed by atoms with Gasteiger partial charge in [-0.05, 0) is 48.4 Å². The third-order valence-corrected chi connectivity index (χ3v) is 4.32. The van der Waals surface area contributed by atoms with Gasteiger partial charge >= 0.3 is 0 Å². The molecule has 1 aromatic heterocycles. The van der Waals surface area contributed by atoms with Crippen LogP contribution in [0, 0.1) is 0 Å². The number of fused-ring (bicyclic) bond motifs is 1. The Bertz CT molecular complexity index is 971. The fourth-order valence-electron chi connectivity index (χ4n) is 2.87. The Balaban J connectivity index is 1.44. The van der Waals surface area contributed by atoms with Crippen LogP contribution in [0.4, 0.5) is 17.2 Å². The van der Waals surface area contributed by atoms with E-state index >= 15 is 0 Å². The number of ether oxygens (including phenoxy) is 2. The smallest absolute Gasteiger partial charge is 0.256 e. The average Bonchev–Trinajstić information content (AvgIpc) is 3.17. The fourth-order valence-corrected chi connectivity index (χ4v) is 2.87. The van der Waals surface area contributed by atoms with E-state index in [9.17, 15) is 4.79 Å². The van der Waals surface area contributed by atoms with Crippen LogP contribution in [0.1, 0.15) is 22.8 Å². The molecule has 1 amide bonds. The Kier molecular flexibility index (Phi) is 4.61. The monoisotopic (exact) mass is 361 g/mol. The van der Waals surface area contributed by atoms with Gasteiger partial charge in [-0.25, -0.2) is 4.98 Å². The zero-order valence-electron chi connectivity index (χ0n) is 14.9. The van der Waals surface area contributed by atoms with E-state index < -0.39 is 0 Å². The summed E-state index contributed by atoms with van der Waals surface area (Å²) in [5.74, 6) is 1.45. The molecule has 0 saturated heterocycles. The average molecular weight is 361 g/mol. The fraction of sp³-hybridized carbons (Fsp3) is 0.143. The number of aromatic nitrogens is 1. The number of aryl methyl sites for hydroxylation is 1. The summed E-state index contributed by atoms with van der Waals surface area (Å²) in [6, 6.07) is 16.9. The van der Waals surface area contributed by atoms with Gasteiger partial charge in [0.15, 0.2) is 11.5 Å². The Morgan fingerprint density at radius 3 is 2.74 bits per heavy atom. The van der Waals surface area contributed by atoms with Crippen molar-refractivity contribution >= 4 is 23.1 Å². The second-order valence-electron chi connectivity index (χ2n) is 6.09. The molecule has 4 rings (SSSR count). The molecule has 2 aromatic carbocycles. The van der Waals surface area contributed by atoms with Crippen LogP contribution < -0.4 is 20.1 Å². The van der Waals surface area contributed by atoms with Crippen molar-refractivity contribution in [3.8, 4) is 11.5 Å². The van der Waals surface area contributed by atoms with Crippen molar-refractivity contribution in [2.75, 3.05) is 17.4 Å². The first-order valence-corrected chi connectivity index (χ1v) is 8.75. The maximum Gasteiger partial charge on any atom is 0.256 e. The van der Waals surface area contributed by atoms with Gasteiger partial charge in [0.25, 0.3) is 5.91 Å². The van der Waals surface area contributed by atoms with E-state index in [-0.39, 0.29) is 12.7 Å². The Labute approximate surface area is 157 Å². The number of anilines is 3. The van der Waals surface area contributed by atoms with Gasteiger partial charge in [-0.1, -0.05) is 25.1 Å². The third-order valence-electron chi connectivity index (χ3n) is 4.32. The highest BCUT2D eigenvalue weighted by Crippen LogP contribution is 2.32. The van der Waals surface area contributed by atoms with Crippen LogP contribution in [0.5, 0.6) is 11.5 Å². The van der Waals surface area contributed by atoms with Crippen molar-refractivity contribution < 1.29 is 14.3 Å². The van der Waals surface area contributed by atoms with E-state index in [1.54, 1.807) is 30.5 Å². The molecule has 1 aliphatic heterocycles. The van der Waals surface area contributed by atoms with Crippen molar-refractivity contribution in [3.63, 3.8) is 0 Å². The molecule has 0 spiro atoms. The van der Waals surface area contributed by atoms with Crippen molar-refractivity contribution in [2.24, 2.45) is 0 Å². The first-order chi connectivity index (χ1) is 13.2. The summed E-state index contributed by atoms with van der Waals surface area (Å²) in [5.41, 5.74) is 3.63. The lowest BCUT2D eigenvalue weighted by molar-refractivity contribution is 0.102. The molecular weight excluding hydrogens is 342 g/mol. The summed E-state index contributed by atoms with van der Waals surface area (Å²) < 4.78 is 10.6. The number of carbonyl (C=O) groups is 1. The Hall–Kier alpha value is -3.54. The molecule has 0 atom stereocenters. The van der Waals surface area contributed by atoms with Crippen LogP contribution in [0.25, 0.3) is 0 Å². The Morgan fingerprint density at radius 2 is 1.93 bits per heavy atom. The summed E-state index contributed by atoms with van der Waals surface area (Å²) in [6.07, 6.45) is 2.64. The highest BCUT2D eigenvalue weighted by Gasteiger charge is 2.16. The SMILES string of the molecule is CCc1ccccc1Nc1ccc(NC(=O)c2ccc3c(c2)OCO3)nc1. The van der Waals surface area contributed by atoms with Gasteiger partial charge in [-0.2, -0.15) is 0 Å². The normalized spacial score (nSPS) is 11.9. The first-order valence-electron chi connectivity index (χ1n) is 8.75. The molecule has 6 heteroatoms. The second-order valence-corrected chi connectivity index (χ2v) is 6.09. The predicted molar refractivity (Wildman–Crippen MR) is 104 cm³/mol. The van der Waals surface area contributed by atoms with Crippen molar-refractivity contribution in [2.45, 2.75) is 13.3 Å². The van der Waals surface area contributed by atoms with Gasteiger partial charge in [0.2, 0.25) is 6.79 Å². The zero-order valence-corrected chi connectivity index (χ0v) is 14.9. The maximum absolute atomic E-state index is 12.4. The number of rotatable bonds is 5. The zero-order chi connectivity index (χ0) is 18.6. The molecule has 0 saturated carbocycles. The van der Waals surface area contributed by atoms with Gasteiger partial charge in [-0.15, -0.1) is 0 Å². The number of hydrogen-bond acceptors (Lipinski definition) is 5. The second kappa shape index (κ2) is 7.37. The number of para-hydroxylation sites is 1. The molecule has 0 radical (unpaired) electrons. The largest absolute Gasteiger partial charge is 0.454 e. The molecule has 136 valence electrons. The van der Waals surface area contributed by atoms with Crippen LogP contribution in [-0.2, 0) is 6.42 Å². The molecule has 2 heterocycles. The molecule has 1 aliphatic rings. The van der Waals surface area contributed by atoms with Crippen LogP contribution in [0.15, 0.2) is 60.8 Å². The number of amides is 1. The summed E-state index contributed by atoms with van der Waals surface area (Å²) in [7, 11) is 0. The highest BCUT2D eigenvalue weighted by atomic mass is 16.7. The summed E-state index contributed by atoms with van der Waals surface area (Å²) in [4.78, 5) is 16.7. The number of nitrogens with zero attached hydrogens (tertiary/aromatic N) is 1. The number of pyridine rings is 1. The summed E-state index contributed by atoms with van der Waals surface area (Å²) in [6.45, 7) is 2.30. The minimum Gasteiger partial charge on any atom is -0.454 e.